The Kier molecular flexibility index (Phi) is 2.44. The third-order valence-electron chi connectivity index (χ3n) is 1.97. The van der Waals surface area contributed by atoms with Gasteiger partial charge in [-0.2, -0.15) is 0 Å². The summed E-state index contributed by atoms with van der Waals surface area (Å²) in [6.07, 6.45) is -0.618. The fourth-order valence-electron chi connectivity index (χ4n) is 1.35. The third kappa shape index (κ3) is 1.68. The van der Waals surface area contributed by atoms with Crippen molar-refractivity contribution < 1.29 is 13.9 Å². The van der Waals surface area contributed by atoms with Gasteiger partial charge >= 0.3 is 5.97 Å². The van der Waals surface area contributed by atoms with E-state index in [-0.39, 0.29) is 18.4 Å². The second-order valence-electron chi connectivity index (χ2n) is 2.81. The molecule has 1 saturated heterocycles. The lowest BCUT2D eigenvalue weighted by atomic mass is 10.2. The average Bonchev–Trinajstić information content (AvgIpc) is 2.28. The van der Waals surface area contributed by atoms with Crippen molar-refractivity contribution in [2.24, 2.45) is 0 Å². The van der Waals surface area contributed by atoms with E-state index >= 15 is 0 Å². The summed E-state index contributed by atoms with van der Waals surface area (Å²) >= 11 is 0. The van der Waals surface area contributed by atoms with E-state index < -0.39 is 6.17 Å². The molecule has 0 aromatic rings. The lowest BCUT2D eigenvalue weighted by Crippen LogP contribution is -2.33. The van der Waals surface area contributed by atoms with Crippen LogP contribution in [-0.2, 0) is 9.53 Å². The van der Waals surface area contributed by atoms with Crippen molar-refractivity contribution in [2.75, 3.05) is 20.7 Å². The molecule has 0 N–H and O–H groups in total. The predicted molar refractivity (Wildman–Crippen MR) is 37.9 cm³/mol. The van der Waals surface area contributed by atoms with Crippen LogP contribution in [0.1, 0.15) is 6.42 Å². The highest BCUT2D eigenvalue weighted by molar-refractivity contribution is 5.76. The first-order valence-electron chi connectivity index (χ1n) is 3.57. The molecule has 0 saturated carbocycles. The molecule has 64 valence electrons. The molecular weight excluding hydrogens is 149 g/mol. The Bertz CT molecular complexity index is 163. The maximum absolute atomic E-state index is 12.7. The quantitative estimate of drug-likeness (QED) is 0.514. The molecule has 3 nitrogen and oxygen atoms in total. The van der Waals surface area contributed by atoms with Crippen molar-refractivity contribution in [3.8, 4) is 0 Å². The minimum Gasteiger partial charge on any atom is -0.468 e. The van der Waals surface area contributed by atoms with Gasteiger partial charge in [0.2, 0.25) is 0 Å². The standard InChI is InChI=1S/C7H12FNO2/c1-9-4-5(8)3-6(9)7(10)11-2/h5-6H,3-4H2,1-2H3. The van der Waals surface area contributed by atoms with Crippen LogP contribution in [0.5, 0.6) is 0 Å². The molecule has 0 aromatic carbocycles. The molecule has 0 amide bonds. The molecule has 1 aliphatic rings. The van der Waals surface area contributed by atoms with Crippen LogP contribution >= 0.6 is 0 Å². The van der Waals surface area contributed by atoms with E-state index in [2.05, 4.69) is 4.74 Å². The van der Waals surface area contributed by atoms with Crippen molar-refractivity contribution in [1.82, 2.24) is 4.90 Å². The van der Waals surface area contributed by atoms with Gasteiger partial charge in [-0.15, -0.1) is 0 Å². The number of likely N-dealkylation sites (N-methyl/N-ethyl adjacent to an activating group) is 1. The van der Waals surface area contributed by atoms with Gasteiger partial charge in [-0.3, -0.25) is 9.69 Å². The fraction of sp³-hybridized carbons (Fsp3) is 0.857. The maximum atomic E-state index is 12.7. The van der Waals surface area contributed by atoms with Crippen LogP contribution in [0.4, 0.5) is 4.39 Å². The first kappa shape index (κ1) is 8.46. The van der Waals surface area contributed by atoms with E-state index in [1.807, 2.05) is 0 Å². The van der Waals surface area contributed by atoms with Crippen LogP contribution in [0.2, 0.25) is 0 Å². The van der Waals surface area contributed by atoms with Gasteiger partial charge in [0.25, 0.3) is 0 Å². The first-order valence-corrected chi connectivity index (χ1v) is 3.57. The maximum Gasteiger partial charge on any atom is 0.323 e. The van der Waals surface area contributed by atoms with Gasteiger partial charge in [0.15, 0.2) is 0 Å². The average molecular weight is 161 g/mol. The molecule has 0 aromatic heterocycles. The number of ether oxygens (including phenoxy) is 1. The third-order valence-corrected chi connectivity index (χ3v) is 1.97. The molecule has 11 heavy (non-hydrogen) atoms. The summed E-state index contributed by atoms with van der Waals surface area (Å²) < 4.78 is 17.2. The number of rotatable bonds is 1. The van der Waals surface area contributed by atoms with Gasteiger partial charge in [-0.05, 0) is 7.05 Å². The minimum absolute atomic E-state index is 0.267. The molecule has 0 radical (unpaired) electrons. The second-order valence-corrected chi connectivity index (χ2v) is 2.81. The van der Waals surface area contributed by atoms with Gasteiger partial charge in [0.05, 0.1) is 7.11 Å². The molecule has 1 heterocycles. The topological polar surface area (TPSA) is 29.5 Å². The Morgan fingerprint density at radius 2 is 2.36 bits per heavy atom. The number of carbonyl (C=O) groups excluding carboxylic acids is 1. The summed E-state index contributed by atoms with van der Waals surface area (Å²) in [6, 6.07) is -0.380. The molecule has 1 fully saturated rings. The minimum atomic E-state index is -0.885. The Morgan fingerprint density at radius 3 is 2.73 bits per heavy atom. The summed E-state index contributed by atoms with van der Waals surface area (Å²) in [6.45, 7) is 0.333. The van der Waals surface area contributed by atoms with Crippen molar-refractivity contribution in [1.29, 1.82) is 0 Å². The van der Waals surface area contributed by atoms with Crippen molar-refractivity contribution in [3.05, 3.63) is 0 Å². The Hall–Kier alpha value is -0.640. The van der Waals surface area contributed by atoms with Crippen molar-refractivity contribution >= 4 is 5.97 Å². The fourth-order valence-corrected chi connectivity index (χ4v) is 1.35. The first-order chi connectivity index (χ1) is 5.15. The lowest BCUT2D eigenvalue weighted by Gasteiger charge is -2.15. The van der Waals surface area contributed by atoms with Crippen LogP contribution in [0.3, 0.4) is 0 Å². The Morgan fingerprint density at radius 1 is 1.73 bits per heavy atom. The van der Waals surface area contributed by atoms with E-state index in [0.29, 0.717) is 6.54 Å². The number of methoxy groups -OCH3 is 1. The highest BCUT2D eigenvalue weighted by Crippen LogP contribution is 2.18. The molecule has 0 aliphatic carbocycles. The monoisotopic (exact) mass is 161 g/mol. The SMILES string of the molecule is COC(=O)C1CC(F)CN1C. The molecule has 2 atom stereocenters. The van der Waals surface area contributed by atoms with Gasteiger partial charge in [0, 0.05) is 13.0 Å². The van der Waals surface area contributed by atoms with Crippen LogP contribution < -0.4 is 0 Å². The zero-order valence-corrected chi connectivity index (χ0v) is 6.71. The lowest BCUT2D eigenvalue weighted by molar-refractivity contribution is -0.145. The predicted octanol–water partition coefficient (Wildman–Crippen LogP) is 0.202. The van der Waals surface area contributed by atoms with Crippen molar-refractivity contribution in [3.63, 3.8) is 0 Å². The van der Waals surface area contributed by atoms with Gasteiger partial charge < -0.3 is 4.74 Å². The molecule has 0 spiro atoms. The number of hydrogen-bond donors (Lipinski definition) is 0. The van der Waals surface area contributed by atoms with Crippen LogP contribution in [0, 0.1) is 0 Å². The molecule has 1 aliphatic heterocycles. The summed E-state index contributed by atoms with van der Waals surface area (Å²) in [5.74, 6) is -0.340. The van der Waals surface area contributed by atoms with E-state index in [1.165, 1.54) is 7.11 Å². The number of esters is 1. The zero-order chi connectivity index (χ0) is 8.43. The van der Waals surface area contributed by atoms with Gasteiger partial charge in [0.1, 0.15) is 12.2 Å². The normalized spacial score (nSPS) is 32.3. The smallest absolute Gasteiger partial charge is 0.323 e. The summed E-state index contributed by atoms with van der Waals surface area (Å²) in [7, 11) is 3.04. The molecule has 2 unspecified atom stereocenters. The molecular formula is C7H12FNO2. The van der Waals surface area contributed by atoms with Crippen molar-refractivity contribution in [2.45, 2.75) is 18.6 Å². The number of alkyl halides is 1. The highest BCUT2D eigenvalue weighted by Gasteiger charge is 2.34. The van der Waals surface area contributed by atoms with Crippen LogP contribution in [0.25, 0.3) is 0 Å². The van der Waals surface area contributed by atoms with E-state index in [4.69, 9.17) is 0 Å². The Balaban J connectivity index is 2.52. The number of halogens is 1. The van der Waals surface area contributed by atoms with Gasteiger partial charge in [-0.1, -0.05) is 0 Å². The summed E-state index contributed by atoms with van der Waals surface area (Å²) in [5.41, 5.74) is 0. The van der Waals surface area contributed by atoms with Crippen LogP contribution in [-0.4, -0.2) is 43.8 Å². The molecule has 4 heteroatoms. The second kappa shape index (κ2) is 3.17. The summed E-state index contributed by atoms with van der Waals surface area (Å²) in [5, 5.41) is 0. The number of carbonyl (C=O) groups is 1. The number of likely N-dealkylation sites (tertiary alicyclic amines) is 1. The number of nitrogens with zero attached hydrogens (tertiary/aromatic N) is 1. The zero-order valence-electron chi connectivity index (χ0n) is 6.71. The highest BCUT2D eigenvalue weighted by atomic mass is 19.1. The summed E-state index contributed by atoms with van der Waals surface area (Å²) in [4.78, 5) is 12.6. The van der Waals surface area contributed by atoms with Gasteiger partial charge in [-0.25, -0.2) is 4.39 Å². The van der Waals surface area contributed by atoms with E-state index in [9.17, 15) is 9.18 Å². The Labute approximate surface area is 65.1 Å². The van der Waals surface area contributed by atoms with E-state index in [1.54, 1.807) is 11.9 Å². The largest absolute Gasteiger partial charge is 0.468 e. The number of hydrogen-bond acceptors (Lipinski definition) is 3. The molecule has 0 bridgehead atoms. The van der Waals surface area contributed by atoms with E-state index in [0.717, 1.165) is 0 Å². The van der Waals surface area contributed by atoms with Crippen LogP contribution in [0.15, 0.2) is 0 Å². The molecule has 1 rings (SSSR count).